The van der Waals surface area contributed by atoms with E-state index < -0.39 is 15.6 Å². The molecule has 0 heterocycles. The predicted octanol–water partition coefficient (Wildman–Crippen LogP) is -2.49. The minimum atomic E-state index is -5.84. The monoisotopic (exact) mass is 158 g/mol. The molecule has 0 atom stereocenters. The first-order valence-corrected chi connectivity index (χ1v) is 2.73. The van der Waals surface area contributed by atoms with E-state index in [1.165, 1.54) is 0 Å². The number of halogens is 3. The van der Waals surface area contributed by atoms with Gasteiger partial charge in [0.05, 0.1) is 0 Å². The van der Waals surface area contributed by atoms with E-state index in [0.717, 1.165) is 0 Å². The van der Waals surface area contributed by atoms with Crippen LogP contribution in [0.1, 0.15) is 1.43 Å². The van der Waals surface area contributed by atoms with E-state index in [-0.39, 0.29) is 20.3 Å². The zero-order chi connectivity index (χ0) is 7.00. The minimum absolute atomic E-state index is 0. The average molecular weight is 158 g/mol. The third-order valence-electron chi connectivity index (χ3n) is 0.292. The molecule has 0 rings (SSSR count). The molecule has 0 unspecified atom stereocenters. The molecule has 0 amide bonds. The van der Waals surface area contributed by atoms with Crippen LogP contribution >= 0.6 is 0 Å². The largest absolute Gasteiger partial charge is 1.00 e. The standard InChI is InChI=1S/CHF3O3S.Li.H/c2-1(3,4)8(5,6)7;;/h(H,5,6,7);;/q;+1;-1. The molecule has 0 aromatic heterocycles. The van der Waals surface area contributed by atoms with Gasteiger partial charge in [0.25, 0.3) is 0 Å². The van der Waals surface area contributed by atoms with E-state index >= 15 is 0 Å². The van der Waals surface area contributed by atoms with Crippen LogP contribution in [0.3, 0.4) is 0 Å². The van der Waals surface area contributed by atoms with Crippen molar-refractivity contribution in [2.75, 3.05) is 0 Å². The number of hydrogen-bond acceptors (Lipinski definition) is 2. The number of hydrogen-bond donors (Lipinski definition) is 1. The van der Waals surface area contributed by atoms with E-state index in [1.54, 1.807) is 0 Å². The van der Waals surface area contributed by atoms with Crippen LogP contribution in [-0.2, 0) is 10.1 Å². The van der Waals surface area contributed by atoms with Crippen LogP contribution in [0.2, 0.25) is 0 Å². The van der Waals surface area contributed by atoms with E-state index in [2.05, 4.69) is 0 Å². The van der Waals surface area contributed by atoms with Crippen molar-refractivity contribution in [3.05, 3.63) is 0 Å². The van der Waals surface area contributed by atoms with Gasteiger partial charge in [-0.2, -0.15) is 21.6 Å². The van der Waals surface area contributed by atoms with Gasteiger partial charge < -0.3 is 1.43 Å². The molecule has 0 aliphatic carbocycles. The molecule has 3 nitrogen and oxygen atoms in total. The molecule has 0 saturated heterocycles. The van der Waals surface area contributed by atoms with Crippen molar-refractivity contribution in [3.8, 4) is 0 Å². The maximum atomic E-state index is 10.7. The van der Waals surface area contributed by atoms with Crippen molar-refractivity contribution in [1.29, 1.82) is 0 Å². The molecule has 52 valence electrons. The van der Waals surface area contributed by atoms with Crippen LogP contribution < -0.4 is 18.9 Å². The Balaban J connectivity index is -0.000000245. The summed E-state index contributed by atoms with van der Waals surface area (Å²) < 4.78 is 57.5. The molecular formula is CH2F3LiO3S. The summed E-state index contributed by atoms with van der Waals surface area (Å²) in [5, 5.41) is 0. The summed E-state index contributed by atoms with van der Waals surface area (Å²) in [7, 11) is -5.84. The van der Waals surface area contributed by atoms with Gasteiger partial charge in [0.2, 0.25) is 0 Å². The normalized spacial score (nSPS) is 12.4. The molecule has 0 bridgehead atoms. The minimum Gasteiger partial charge on any atom is -1.00 e. The van der Waals surface area contributed by atoms with Gasteiger partial charge in [-0.25, -0.2) is 0 Å². The van der Waals surface area contributed by atoms with Gasteiger partial charge in [0, 0.05) is 0 Å². The first kappa shape index (κ1) is 12.0. The summed E-state index contributed by atoms with van der Waals surface area (Å²) in [6, 6.07) is 0. The summed E-state index contributed by atoms with van der Waals surface area (Å²) in [5.74, 6) is 0. The van der Waals surface area contributed by atoms with Gasteiger partial charge in [-0.1, -0.05) is 0 Å². The van der Waals surface area contributed by atoms with Crippen molar-refractivity contribution in [1.82, 2.24) is 0 Å². The first-order valence-electron chi connectivity index (χ1n) is 1.29. The predicted molar refractivity (Wildman–Crippen MR) is 18.7 cm³/mol. The van der Waals surface area contributed by atoms with Crippen LogP contribution in [0.4, 0.5) is 13.2 Å². The molecule has 0 radical (unpaired) electrons. The van der Waals surface area contributed by atoms with E-state index in [0.29, 0.717) is 0 Å². The molecule has 9 heavy (non-hydrogen) atoms. The zero-order valence-electron chi connectivity index (χ0n) is 5.31. The summed E-state index contributed by atoms with van der Waals surface area (Å²) in [5.41, 5.74) is -5.53. The summed E-state index contributed by atoms with van der Waals surface area (Å²) in [6.45, 7) is 0. The van der Waals surface area contributed by atoms with Crippen LogP contribution in [0.5, 0.6) is 0 Å². The van der Waals surface area contributed by atoms with E-state index in [9.17, 15) is 13.2 Å². The molecule has 0 aromatic rings. The fourth-order valence-electron chi connectivity index (χ4n) is 0. The van der Waals surface area contributed by atoms with Crippen LogP contribution in [0.15, 0.2) is 0 Å². The van der Waals surface area contributed by atoms with Gasteiger partial charge in [0.1, 0.15) is 0 Å². The molecule has 1 N–H and O–H groups in total. The molecule has 0 fully saturated rings. The van der Waals surface area contributed by atoms with E-state index in [4.69, 9.17) is 13.0 Å². The topological polar surface area (TPSA) is 54.4 Å². The third-order valence-corrected chi connectivity index (χ3v) is 0.877. The van der Waals surface area contributed by atoms with Gasteiger partial charge in [-0.05, 0) is 0 Å². The number of alkyl halides is 3. The molecule has 0 saturated carbocycles. The maximum absolute atomic E-state index is 10.7. The SMILES string of the molecule is O=S(=O)(O)C(F)(F)F.[H-].[Li+]. The Hall–Kier alpha value is 0.297. The summed E-state index contributed by atoms with van der Waals surface area (Å²) in [6.07, 6.45) is 0. The summed E-state index contributed by atoms with van der Waals surface area (Å²) >= 11 is 0. The van der Waals surface area contributed by atoms with Crippen molar-refractivity contribution < 1.29 is 46.4 Å². The molecule has 0 aromatic carbocycles. The smallest absolute Gasteiger partial charge is 1.00 e. The number of rotatable bonds is 0. The molecular weight excluding hydrogens is 156 g/mol. The van der Waals surface area contributed by atoms with Crippen LogP contribution in [-0.4, -0.2) is 18.5 Å². The molecule has 0 aliphatic rings. The first-order chi connectivity index (χ1) is 3.25. The van der Waals surface area contributed by atoms with Gasteiger partial charge in [0.15, 0.2) is 0 Å². The second-order valence-electron chi connectivity index (χ2n) is 0.921. The van der Waals surface area contributed by atoms with Crippen LogP contribution in [0.25, 0.3) is 0 Å². The van der Waals surface area contributed by atoms with Crippen molar-refractivity contribution in [2.24, 2.45) is 0 Å². The fraction of sp³-hybridized carbons (Fsp3) is 1.00. The quantitative estimate of drug-likeness (QED) is 0.241. The Kier molecular flexibility index (Phi) is 3.90. The van der Waals surface area contributed by atoms with Gasteiger partial charge in [-0.3, -0.25) is 4.55 Å². The van der Waals surface area contributed by atoms with Crippen molar-refractivity contribution in [2.45, 2.75) is 5.51 Å². The average Bonchev–Trinajstić information content (AvgIpc) is 1.25. The molecule has 0 spiro atoms. The maximum Gasteiger partial charge on any atom is 1.00 e. The third kappa shape index (κ3) is 3.81. The fourth-order valence-corrected chi connectivity index (χ4v) is 0. The van der Waals surface area contributed by atoms with Crippen molar-refractivity contribution in [3.63, 3.8) is 0 Å². The Morgan fingerprint density at radius 1 is 1.33 bits per heavy atom. The second-order valence-corrected chi connectivity index (χ2v) is 2.33. The Morgan fingerprint density at radius 2 is 1.44 bits per heavy atom. The Bertz CT molecular complexity index is 173. The van der Waals surface area contributed by atoms with Gasteiger partial charge in [-0.15, -0.1) is 0 Å². The van der Waals surface area contributed by atoms with Gasteiger partial charge >= 0.3 is 34.5 Å². The van der Waals surface area contributed by atoms with Crippen LogP contribution in [0, 0.1) is 0 Å². The molecule has 8 heteroatoms. The second kappa shape index (κ2) is 2.92. The zero-order valence-corrected chi connectivity index (χ0v) is 5.12. The van der Waals surface area contributed by atoms with Crippen molar-refractivity contribution >= 4 is 10.1 Å². The Morgan fingerprint density at radius 3 is 1.44 bits per heavy atom. The van der Waals surface area contributed by atoms with E-state index in [1.807, 2.05) is 0 Å². The Labute approximate surface area is 62.6 Å². The summed E-state index contributed by atoms with van der Waals surface area (Å²) in [4.78, 5) is 0. The molecule has 0 aliphatic heterocycles.